The van der Waals surface area contributed by atoms with Crippen molar-refractivity contribution in [2.75, 3.05) is 0 Å². The first kappa shape index (κ1) is 13.3. The molecule has 0 aliphatic heterocycles. The van der Waals surface area contributed by atoms with Gasteiger partial charge in [-0.3, -0.25) is 9.59 Å². The Morgan fingerprint density at radius 2 is 2.10 bits per heavy atom. The highest BCUT2D eigenvalue weighted by molar-refractivity contribution is 5.92. The first-order valence-corrected chi connectivity index (χ1v) is 6.61. The van der Waals surface area contributed by atoms with Gasteiger partial charge in [-0.1, -0.05) is 35.5 Å². The second kappa shape index (κ2) is 5.35. The Bertz CT molecular complexity index is 668. The number of nitrogens with one attached hydrogen (secondary N) is 1. The summed E-state index contributed by atoms with van der Waals surface area (Å²) in [4.78, 5) is 22.5. The first-order valence-electron chi connectivity index (χ1n) is 6.61. The van der Waals surface area contributed by atoms with E-state index in [1.807, 2.05) is 30.3 Å². The van der Waals surface area contributed by atoms with Crippen LogP contribution in [0.15, 0.2) is 36.5 Å². The number of nitrogens with zero attached hydrogens (tertiary/aromatic N) is 3. The van der Waals surface area contributed by atoms with Crippen LogP contribution in [0.25, 0.3) is 0 Å². The van der Waals surface area contributed by atoms with Gasteiger partial charge in [0, 0.05) is 12.0 Å². The molecular weight excluding hydrogens is 272 g/mol. The van der Waals surface area contributed by atoms with Crippen molar-refractivity contribution in [3.8, 4) is 0 Å². The molecule has 108 valence electrons. The Morgan fingerprint density at radius 1 is 1.33 bits per heavy atom. The van der Waals surface area contributed by atoms with Gasteiger partial charge in [-0.25, -0.2) is 4.68 Å². The number of hydrogen-bond acceptors (Lipinski definition) is 4. The van der Waals surface area contributed by atoms with Crippen LogP contribution in [0.1, 0.15) is 28.4 Å². The van der Waals surface area contributed by atoms with Crippen LogP contribution in [0, 0.1) is 0 Å². The molecule has 1 heterocycles. The molecule has 1 aliphatic carbocycles. The number of amides is 1. The van der Waals surface area contributed by atoms with E-state index < -0.39 is 5.97 Å². The van der Waals surface area contributed by atoms with Crippen LogP contribution < -0.4 is 5.32 Å². The molecule has 7 heteroatoms. The Balaban J connectivity index is 1.58. The van der Waals surface area contributed by atoms with Gasteiger partial charge in [-0.15, -0.1) is 5.10 Å². The van der Waals surface area contributed by atoms with Crippen LogP contribution in [0.4, 0.5) is 0 Å². The van der Waals surface area contributed by atoms with Crippen LogP contribution in [-0.4, -0.2) is 38.0 Å². The average molecular weight is 286 g/mol. The predicted octanol–water partition coefficient (Wildman–Crippen LogP) is 0.649. The molecule has 0 saturated heterocycles. The number of carbonyl (C=O) groups is 2. The minimum absolute atomic E-state index is 0.101. The van der Waals surface area contributed by atoms with Crippen LogP contribution in [0.3, 0.4) is 0 Å². The van der Waals surface area contributed by atoms with Gasteiger partial charge in [0.1, 0.15) is 6.54 Å². The van der Waals surface area contributed by atoms with Gasteiger partial charge in [0.05, 0.1) is 6.20 Å². The normalized spacial score (nSPS) is 20.0. The predicted molar refractivity (Wildman–Crippen MR) is 72.7 cm³/mol. The summed E-state index contributed by atoms with van der Waals surface area (Å²) in [6.07, 6.45) is 2.24. The summed E-state index contributed by atoms with van der Waals surface area (Å²) >= 11 is 0. The number of rotatable bonds is 5. The number of carboxylic acids is 1. The third-order valence-electron chi connectivity index (χ3n) is 3.40. The molecule has 2 unspecified atom stereocenters. The molecule has 0 radical (unpaired) electrons. The highest BCUT2D eigenvalue weighted by atomic mass is 16.4. The molecule has 1 aliphatic rings. The van der Waals surface area contributed by atoms with Crippen molar-refractivity contribution >= 4 is 11.9 Å². The fourth-order valence-electron chi connectivity index (χ4n) is 2.28. The summed E-state index contributed by atoms with van der Waals surface area (Å²) in [7, 11) is 0. The molecule has 1 aromatic carbocycles. The quantitative estimate of drug-likeness (QED) is 0.841. The van der Waals surface area contributed by atoms with E-state index in [1.54, 1.807) is 0 Å². The molecule has 0 spiro atoms. The zero-order valence-corrected chi connectivity index (χ0v) is 11.1. The van der Waals surface area contributed by atoms with E-state index in [4.69, 9.17) is 5.11 Å². The molecule has 3 rings (SSSR count). The second-order valence-electron chi connectivity index (χ2n) is 5.03. The fraction of sp³-hybridized carbons (Fsp3) is 0.286. The van der Waals surface area contributed by atoms with E-state index in [9.17, 15) is 9.59 Å². The monoisotopic (exact) mass is 286 g/mol. The lowest BCUT2D eigenvalue weighted by Crippen LogP contribution is -2.26. The molecule has 0 bridgehead atoms. The Hall–Kier alpha value is -2.70. The third-order valence-corrected chi connectivity index (χ3v) is 3.40. The molecule has 1 saturated carbocycles. The summed E-state index contributed by atoms with van der Waals surface area (Å²) in [5.41, 5.74) is 1.34. The van der Waals surface area contributed by atoms with E-state index in [0.717, 1.165) is 11.1 Å². The maximum atomic E-state index is 12.0. The first-order chi connectivity index (χ1) is 10.1. The molecule has 21 heavy (non-hydrogen) atoms. The van der Waals surface area contributed by atoms with Crippen LogP contribution in [0.5, 0.6) is 0 Å². The van der Waals surface area contributed by atoms with Gasteiger partial charge in [-0.05, 0) is 12.0 Å². The summed E-state index contributed by atoms with van der Waals surface area (Å²) in [6.45, 7) is -0.309. The third kappa shape index (κ3) is 3.07. The molecular formula is C14H14N4O3. The van der Waals surface area contributed by atoms with Crippen molar-refractivity contribution in [1.29, 1.82) is 0 Å². The summed E-state index contributed by atoms with van der Waals surface area (Å²) in [5, 5.41) is 18.8. The van der Waals surface area contributed by atoms with Gasteiger partial charge >= 0.3 is 5.97 Å². The Morgan fingerprint density at radius 3 is 2.81 bits per heavy atom. The molecule has 2 N–H and O–H groups in total. The van der Waals surface area contributed by atoms with Gasteiger partial charge in [0.15, 0.2) is 5.69 Å². The van der Waals surface area contributed by atoms with Crippen LogP contribution in [0.2, 0.25) is 0 Å². The average Bonchev–Trinajstić information content (AvgIpc) is 3.07. The minimum atomic E-state index is -1.03. The van der Waals surface area contributed by atoms with Gasteiger partial charge in [-0.2, -0.15) is 0 Å². The summed E-state index contributed by atoms with van der Waals surface area (Å²) < 4.78 is 1.12. The lowest BCUT2D eigenvalue weighted by Gasteiger charge is -2.02. The van der Waals surface area contributed by atoms with Crippen LogP contribution in [-0.2, 0) is 11.3 Å². The van der Waals surface area contributed by atoms with Crippen molar-refractivity contribution in [2.45, 2.75) is 24.9 Å². The van der Waals surface area contributed by atoms with Crippen molar-refractivity contribution < 1.29 is 14.7 Å². The van der Waals surface area contributed by atoms with Gasteiger partial charge < -0.3 is 10.4 Å². The molecule has 2 atom stereocenters. The van der Waals surface area contributed by atoms with E-state index in [2.05, 4.69) is 15.6 Å². The van der Waals surface area contributed by atoms with Gasteiger partial charge in [0.2, 0.25) is 0 Å². The highest BCUT2D eigenvalue weighted by Crippen LogP contribution is 2.40. The topological polar surface area (TPSA) is 97.1 Å². The zero-order valence-electron chi connectivity index (χ0n) is 11.1. The maximum Gasteiger partial charge on any atom is 0.325 e. The van der Waals surface area contributed by atoms with E-state index in [-0.39, 0.29) is 24.2 Å². The van der Waals surface area contributed by atoms with E-state index in [0.29, 0.717) is 5.92 Å². The maximum absolute atomic E-state index is 12.0. The number of aromatic nitrogens is 3. The summed E-state index contributed by atoms with van der Waals surface area (Å²) in [6, 6.07) is 10.1. The molecule has 1 aromatic heterocycles. The molecule has 1 amide bonds. The van der Waals surface area contributed by atoms with Crippen molar-refractivity contribution in [2.24, 2.45) is 0 Å². The van der Waals surface area contributed by atoms with Gasteiger partial charge in [0.25, 0.3) is 5.91 Å². The van der Waals surface area contributed by atoms with Crippen LogP contribution >= 0.6 is 0 Å². The smallest absolute Gasteiger partial charge is 0.325 e. The number of carboxylic acid groups (broad SMARTS) is 1. The van der Waals surface area contributed by atoms with E-state index >= 15 is 0 Å². The number of hydrogen-bond donors (Lipinski definition) is 2. The Kier molecular flexibility index (Phi) is 3.39. The van der Waals surface area contributed by atoms with Crippen molar-refractivity contribution in [3.05, 3.63) is 47.8 Å². The van der Waals surface area contributed by atoms with Crippen molar-refractivity contribution in [3.63, 3.8) is 0 Å². The summed E-state index contributed by atoms with van der Waals surface area (Å²) in [5.74, 6) is -1.02. The highest BCUT2D eigenvalue weighted by Gasteiger charge is 2.39. The number of carbonyl (C=O) groups excluding carboxylic acids is 1. The molecule has 2 aromatic rings. The van der Waals surface area contributed by atoms with E-state index in [1.165, 1.54) is 11.8 Å². The molecule has 1 fully saturated rings. The number of aliphatic carboxylic acids is 1. The zero-order chi connectivity index (χ0) is 14.8. The standard InChI is InChI=1S/C14H14N4O3/c19-13(20)8-18-7-12(16-17-18)14(21)15-11-6-10(11)9-4-2-1-3-5-9/h1-5,7,10-11H,6,8H2,(H,15,21)(H,19,20). The minimum Gasteiger partial charge on any atom is -0.480 e. The Labute approximate surface area is 120 Å². The fourth-order valence-corrected chi connectivity index (χ4v) is 2.28. The largest absolute Gasteiger partial charge is 0.480 e. The lowest BCUT2D eigenvalue weighted by molar-refractivity contribution is -0.137. The lowest BCUT2D eigenvalue weighted by atomic mass is 10.1. The second-order valence-corrected chi connectivity index (χ2v) is 5.03. The number of benzene rings is 1. The molecule has 7 nitrogen and oxygen atoms in total. The van der Waals surface area contributed by atoms with Crippen molar-refractivity contribution in [1.82, 2.24) is 20.3 Å². The SMILES string of the molecule is O=C(O)Cn1cc(C(=O)NC2CC2c2ccccc2)nn1.